The quantitative estimate of drug-likeness (QED) is 0.101. The van der Waals surface area contributed by atoms with Gasteiger partial charge in [-0.1, -0.05) is 32.6 Å². The molecule has 0 bridgehead atoms. The minimum absolute atomic E-state index is 0.0433. The van der Waals surface area contributed by atoms with Crippen LogP contribution in [0.1, 0.15) is 76.6 Å². The van der Waals surface area contributed by atoms with Crippen molar-refractivity contribution in [1.29, 1.82) is 0 Å². The molecule has 0 aliphatic heterocycles. The van der Waals surface area contributed by atoms with Gasteiger partial charge in [0.2, 0.25) is 5.91 Å². The molecule has 210 valence electrons. The van der Waals surface area contributed by atoms with Crippen LogP contribution in [0.25, 0.3) is 0 Å². The van der Waals surface area contributed by atoms with E-state index in [2.05, 4.69) is 17.6 Å². The van der Waals surface area contributed by atoms with E-state index in [-0.39, 0.29) is 17.3 Å². The molecule has 2 amide bonds. The van der Waals surface area contributed by atoms with Gasteiger partial charge in [-0.25, -0.2) is 9.59 Å². The Hall–Kier alpha value is -4.55. The van der Waals surface area contributed by atoms with Crippen molar-refractivity contribution in [2.45, 2.75) is 71.8 Å². The van der Waals surface area contributed by atoms with Crippen molar-refractivity contribution in [1.82, 2.24) is 0 Å². The van der Waals surface area contributed by atoms with Gasteiger partial charge in [0.25, 0.3) is 11.4 Å². The number of unbranched alkanes of at least 4 members (excludes halogenated alkanes) is 4. The standard InChI is InChI=1S/C26H32N4O9/c1-5-6-7-8-9-10-23(31)27-18-11-12-22(21(15-18)28-25(33)39-26(2,3)4)38-24(32)17-13-19(29(34)35)16-20(14-17)30(36)37/h11-16H,5-10H2,1-4H3,(H,27,31)(H,28,33). The Labute approximate surface area is 225 Å². The van der Waals surface area contributed by atoms with Gasteiger partial charge < -0.3 is 14.8 Å². The molecule has 0 spiro atoms. The average molecular weight is 545 g/mol. The number of carbonyl (C=O) groups excluding carboxylic acids is 3. The van der Waals surface area contributed by atoms with E-state index in [0.29, 0.717) is 18.2 Å². The molecule has 0 aromatic heterocycles. The van der Waals surface area contributed by atoms with Crippen molar-refractivity contribution in [3.8, 4) is 5.75 Å². The van der Waals surface area contributed by atoms with E-state index < -0.39 is 44.4 Å². The number of nitrogens with zero attached hydrogens (tertiary/aromatic N) is 2. The maximum Gasteiger partial charge on any atom is 0.412 e. The smallest absolute Gasteiger partial charge is 0.412 e. The Balaban J connectivity index is 2.30. The van der Waals surface area contributed by atoms with Gasteiger partial charge in [0.15, 0.2) is 5.75 Å². The van der Waals surface area contributed by atoms with Crippen LogP contribution in [0.2, 0.25) is 0 Å². The summed E-state index contributed by atoms with van der Waals surface area (Å²) in [7, 11) is 0. The molecular formula is C26H32N4O9. The van der Waals surface area contributed by atoms with E-state index in [1.807, 2.05) is 0 Å². The fourth-order valence-electron chi connectivity index (χ4n) is 3.40. The Morgan fingerprint density at radius 1 is 0.872 bits per heavy atom. The molecule has 0 saturated carbocycles. The van der Waals surface area contributed by atoms with Crippen molar-refractivity contribution >= 4 is 40.7 Å². The fraction of sp³-hybridized carbons (Fsp3) is 0.423. The third-order valence-corrected chi connectivity index (χ3v) is 5.17. The first-order chi connectivity index (χ1) is 18.3. The number of non-ortho nitro benzene ring substituents is 2. The molecule has 13 heteroatoms. The molecule has 39 heavy (non-hydrogen) atoms. The van der Waals surface area contributed by atoms with Crippen molar-refractivity contribution in [2.24, 2.45) is 0 Å². The number of hydrogen-bond acceptors (Lipinski definition) is 9. The summed E-state index contributed by atoms with van der Waals surface area (Å²) in [5.74, 6) is -1.56. The SMILES string of the molecule is CCCCCCCC(=O)Nc1ccc(OC(=O)c2cc([N+](=O)[O-])cc([N+](=O)[O-])c2)c(NC(=O)OC(C)(C)C)c1. The number of anilines is 2. The minimum Gasteiger partial charge on any atom is -0.444 e. The molecule has 2 rings (SSSR count). The van der Waals surface area contributed by atoms with Gasteiger partial charge in [-0.15, -0.1) is 0 Å². The zero-order valence-electron chi connectivity index (χ0n) is 22.3. The van der Waals surface area contributed by atoms with E-state index in [9.17, 15) is 34.6 Å². The Morgan fingerprint density at radius 3 is 2.05 bits per heavy atom. The van der Waals surface area contributed by atoms with Gasteiger partial charge in [0, 0.05) is 24.2 Å². The van der Waals surface area contributed by atoms with Crippen molar-refractivity contribution < 1.29 is 33.7 Å². The molecule has 0 radical (unpaired) electrons. The third-order valence-electron chi connectivity index (χ3n) is 5.17. The molecule has 2 aromatic rings. The highest BCUT2D eigenvalue weighted by molar-refractivity contribution is 5.96. The van der Waals surface area contributed by atoms with Crippen LogP contribution in [-0.2, 0) is 9.53 Å². The lowest BCUT2D eigenvalue weighted by Crippen LogP contribution is -2.27. The van der Waals surface area contributed by atoms with Crippen LogP contribution in [0.3, 0.4) is 0 Å². The highest BCUT2D eigenvalue weighted by atomic mass is 16.6. The van der Waals surface area contributed by atoms with Crippen LogP contribution < -0.4 is 15.4 Å². The lowest BCUT2D eigenvalue weighted by atomic mass is 10.1. The largest absolute Gasteiger partial charge is 0.444 e. The molecule has 2 aromatic carbocycles. The molecule has 0 saturated heterocycles. The highest BCUT2D eigenvalue weighted by Crippen LogP contribution is 2.31. The molecular weight excluding hydrogens is 512 g/mol. The number of nitrogens with one attached hydrogen (secondary N) is 2. The normalized spacial score (nSPS) is 10.9. The number of rotatable bonds is 12. The van der Waals surface area contributed by atoms with Crippen molar-refractivity contribution in [2.75, 3.05) is 10.6 Å². The van der Waals surface area contributed by atoms with Gasteiger partial charge in [-0.05, 0) is 45.4 Å². The maximum absolute atomic E-state index is 12.8. The van der Waals surface area contributed by atoms with Crippen LogP contribution >= 0.6 is 0 Å². The number of hydrogen-bond donors (Lipinski definition) is 2. The monoisotopic (exact) mass is 544 g/mol. The fourth-order valence-corrected chi connectivity index (χ4v) is 3.40. The van der Waals surface area contributed by atoms with Crippen LogP contribution in [0, 0.1) is 20.2 Å². The van der Waals surface area contributed by atoms with Crippen LogP contribution in [0.5, 0.6) is 5.75 Å². The second-order valence-corrected chi connectivity index (χ2v) is 9.69. The summed E-state index contributed by atoms with van der Waals surface area (Å²) >= 11 is 0. The predicted molar refractivity (Wildman–Crippen MR) is 143 cm³/mol. The first-order valence-electron chi connectivity index (χ1n) is 12.4. The second kappa shape index (κ2) is 13.8. The molecule has 0 aliphatic carbocycles. The molecule has 2 N–H and O–H groups in total. The molecule has 0 atom stereocenters. The van der Waals surface area contributed by atoms with Crippen molar-refractivity contribution in [3.63, 3.8) is 0 Å². The summed E-state index contributed by atoms with van der Waals surface area (Å²) in [5.41, 5.74) is -2.36. The molecule has 13 nitrogen and oxygen atoms in total. The minimum atomic E-state index is -1.14. The molecule has 0 fully saturated rings. The second-order valence-electron chi connectivity index (χ2n) is 9.69. The summed E-state index contributed by atoms with van der Waals surface area (Å²) < 4.78 is 10.6. The van der Waals surface area contributed by atoms with E-state index in [4.69, 9.17) is 9.47 Å². The predicted octanol–water partition coefficient (Wildman–Crippen LogP) is 6.37. The lowest BCUT2D eigenvalue weighted by molar-refractivity contribution is -0.394. The summed E-state index contributed by atoms with van der Waals surface area (Å²) in [6.07, 6.45) is 4.32. The van der Waals surface area contributed by atoms with Crippen molar-refractivity contribution in [3.05, 3.63) is 62.2 Å². The van der Waals surface area contributed by atoms with E-state index in [1.165, 1.54) is 18.2 Å². The number of esters is 1. The number of ether oxygens (including phenoxy) is 2. The molecule has 0 unspecified atom stereocenters. The average Bonchev–Trinajstić information content (AvgIpc) is 2.83. The van der Waals surface area contributed by atoms with Crippen LogP contribution in [-0.4, -0.2) is 33.4 Å². The first-order valence-corrected chi connectivity index (χ1v) is 12.4. The third kappa shape index (κ3) is 10.4. The zero-order chi connectivity index (χ0) is 29.2. The van der Waals surface area contributed by atoms with Crippen LogP contribution in [0.15, 0.2) is 36.4 Å². The number of benzene rings is 2. The topological polar surface area (TPSA) is 180 Å². The van der Waals surface area contributed by atoms with Gasteiger partial charge in [0.1, 0.15) is 5.60 Å². The number of amides is 2. The number of nitro benzene ring substituents is 2. The van der Waals surface area contributed by atoms with Gasteiger partial charge >= 0.3 is 12.1 Å². The lowest BCUT2D eigenvalue weighted by Gasteiger charge is -2.20. The Morgan fingerprint density at radius 2 is 1.49 bits per heavy atom. The van der Waals surface area contributed by atoms with Crippen LogP contribution in [0.4, 0.5) is 27.5 Å². The van der Waals surface area contributed by atoms with E-state index in [0.717, 1.165) is 44.2 Å². The van der Waals surface area contributed by atoms with Gasteiger partial charge in [-0.2, -0.15) is 0 Å². The number of carbonyl (C=O) groups is 3. The zero-order valence-corrected chi connectivity index (χ0v) is 22.3. The van der Waals surface area contributed by atoms with E-state index >= 15 is 0 Å². The Bertz CT molecular complexity index is 1210. The summed E-state index contributed by atoms with van der Waals surface area (Å²) in [6.45, 7) is 7.06. The summed E-state index contributed by atoms with van der Waals surface area (Å²) in [5, 5.41) is 27.5. The Kier molecular flexibility index (Phi) is 10.9. The molecule has 0 aliphatic rings. The summed E-state index contributed by atoms with van der Waals surface area (Å²) in [4.78, 5) is 58.2. The van der Waals surface area contributed by atoms with E-state index in [1.54, 1.807) is 20.8 Å². The number of nitro groups is 2. The van der Waals surface area contributed by atoms with Gasteiger partial charge in [0.05, 0.1) is 27.2 Å². The first kappa shape index (κ1) is 30.7. The highest BCUT2D eigenvalue weighted by Gasteiger charge is 2.23. The molecule has 0 heterocycles. The maximum atomic E-state index is 12.8. The summed E-state index contributed by atoms with van der Waals surface area (Å²) in [6, 6.07) is 6.49. The van der Waals surface area contributed by atoms with Gasteiger partial charge in [-0.3, -0.25) is 30.3 Å².